The number of hydrogen-bond acceptors (Lipinski definition) is 4. The number of Topliss-reactive ketones (excluding diaryl/α,β-unsaturated/α-hetero) is 1. The fraction of sp³-hybridized carbons (Fsp3) is 0.867. The van der Waals surface area contributed by atoms with Gasteiger partial charge < -0.3 is 9.47 Å². The van der Waals surface area contributed by atoms with Crippen molar-refractivity contribution in [3.63, 3.8) is 0 Å². The summed E-state index contributed by atoms with van der Waals surface area (Å²) in [6.45, 7) is 7.95. The van der Waals surface area contributed by atoms with E-state index < -0.39 is 5.60 Å². The van der Waals surface area contributed by atoms with Crippen molar-refractivity contribution in [3.05, 3.63) is 0 Å². The smallest absolute Gasteiger partial charge is 0.305 e. The first-order valence-corrected chi connectivity index (χ1v) is 7.09. The quantitative estimate of drug-likeness (QED) is 0.453. The molecular formula is C15H28O4. The Hall–Kier alpha value is -0.900. The monoisotopic (exact) mass is 272 g/mol. The van der Waals surface area contributed by atoms with Crippen LogP contribution >= 0.6 is 0 Å². The summed E-state index contributed by atoms with van der Waals surface area (Å²) in [5.74, 6) is 0.297. The van der Waals surface area contributed by atoms with E-state index in [4.69, 9.17) is 9.47 Å². The number of ketones is 1. The van der Waals surface area contributed by atoms with E-state index in [0.717, 1.165) is 19.3 Å². The maximum atomic E-state index is 11.8. The fourth-order valence-corrected chi connectivity index (χ4v) is 2.32. The van der Waals surface area contributed by atoms with Gasteiger partial charge in [-0.25, -0.2) is 0 Å². The van der Waals surface area contributed by atoms with Gasteiger partial charge in [0.15, 0.2) is 5.78 Å². The molecular weight excluding hydrogens is 244 g/mol. The van der Waals surface area contributed by atoms with Crippen LogP contribution in [0.25, 0.3) is 0 Å². The molecule has 0 spiro atoms. The summed E-state index contributed by atoms with van der Waals surface area (Å²) in [6.07, 6.45) is 3.32. The minimum Gasteiger partial charge on any atom is -0.466 e. The molecule has 0 aliphatic carbocycles. The summed E-state index contributed by atoms with van der Waals surface area (Å²) >= 11 is 0. The Bertz CT molecular complexity index is 286. The minimum absolute atomic E-state index is 0.0693. The zero-order chi connectivity index (χ0) is 14.9. The third-order valence-electron chi connectivity index (χ3n) is 3.29. The van der Waals surface area contributed by atoms with Crippen molar-refractivity contribution in [2.75, 3.05) is 13.7 Å². The number of carbonyl (C=O) groups is 2. The van der Waals surface area contributed by atoms with Crippen LogP contribution in [0.3, 0.4) is 0 Å². The lowest BCUT2D eigenvalue weighted by Gasteiger charge is -2.31. The minimum atomic E-state index is -0.692. The van der Waals surface area contributed by atoms with Crippen molar-refractivity contribution in [1.82, 2.24) is 0 Å². The van der Waals surface area contributed by atoms with Crippen LogP contribution in [0, 0.1) is 5.92 Å². The highest BCUT2D eigenvalue weighted by atomic mass is 16.5. The molecule has 4 nitrogen and oxygen atoms in total. The number of esters is 1. The van der Waals surface area contributed by atoms with Crippen LogP contribution in [0.2, 0.25) is 0 Å². The second-order valence-electron chi connectivity index (χ2n) is 5.36. The molecule has 0 aromatic rings. The lowest BCUT2D eigenvalue weighted by atomic mass is 9.84. The molecule has 0 saturated heterocycles. The van der Waals surface area contributed by atoms with Crippen molar-refractivity contribution in [2.45, 2.75) is 65.4 Å². The Morgan fingerprint density at radius 3 is 2.26 bits per heavy atom. The molecule has 0 amide bonds. The molecule has 0 rings (SSSR count). The predicted molar refractivity (Wildman–Crippen MR) is 75.0 cm³/mol. The summed E-state index contributed by atoms with van der Waals surface area (Å²) in [7, 11) is 1.59. The molecule has 0 aliphatic heterocycles. The molecule has 0 aromatic carbocycles. The van der Waals surface area contributed by atoms with Crippen molar-refractivity contribution in [1.29, 1.82) is 0 Å². The Morgan fingerprint density at radius 1 is 1.21 bits per heavy atom. The topological polar surface area (TPSA) is 52.6 Å². The highest BCUT2D eigenvalue weighted by Crippen LogP contribution is 2.28. The second kappa shape index (κ2) is 9.08. The van der Waals surface area contributed by atoms with E-state index >= 15 is 0 Å². The van der Waals surface area contributed by atoms with Crippen LogP contribution in [0.4, 0.5) is 0 Å². The summed E-state index contributed by atoms with van der Waals surface area (Å²) in [4.78, 5) is 23.1. The number of ether oxygens (including phenoxy) is 2. The van der Waals surface area contributed by atoms with Crippen LogP contribution in [-0.4, -0.2) is 31.1 Å². The first kappa shape index (κ1) is 18.1. The van der Waals surface area contributed by atoms with E-state index in [1.165, 1.54) is 0 Å². The normalized spacial score (nSPS) is 14.2. The van der Waals surface area contributed by atoms with Gasteiger partial charge >= 0.3 is 5.97 Å². The maximum absolute atomic E-state index is 11.8. The van der Waals surface area contributed by atoms with Gasteiger partial charge in [-0.3, -0.25) is 9.59 Å². The Kier molecular flexibility index (Phi) is 8.65. The van der Waals surface area contributed by atoms with E-state index in [1.54, 1.807) is 21.0 Å². The van der Waals surface area contributed by atoms with E-state index in [0.29, 0.717) is 25.4 Å². The molecule has 0 radical (unpaired) electrons. The van der Waals surface area contributed by atoms with E-state index in [1.807, 2.05) is 0 Å². The lowest BCUT2D eigenvalue weighted by molar-refractivity contribution is -0.143. The zero-order valence-corrected chi connectivity index (χ0v) is 13.0. The third-order valence-corrected chi connectivity index (χ3v) is 3.29. The first-order valence-electron chi connectivity index (χ1n) is 7.09. The van der Waals surface area contributed by atoms with Crippen molar-refractivity contribution in [3.8, 4) is 0 Å². The molecule has 19 heavy (non-hydrogen) atoms. The van der Waals surface area contributed by atoms with Gasteiger partial charge in [0.25, 0.3) is 0 Å². The predicted octanol–water partition coefficient (Wildman–Crippen LogP) is 3.13. The van der Waals surface area contributed by atoms with Crippen LogP contribution < -0.4 is 0 Å². The molecule has 0 aliphatic rings. The molecule has 1 atom stereocenters. The van der Waals surface area contributed by atoms with Gasteiger partial charge in [-0.15, -0.1) is 0 Å². The molecule has 0 fully saturated rings. The summed E-state index contributed by atoms with van der Waals surface area (Å²) in [6, 6.07) is 0. The highest BCUT2D eigenvalue weighted by Gasteiger charge is 2.35. The van der Waals surface area contributed by atoms with Gasteiger partial charge in [0, 0.05) is 13.5 Å². The second-order valence-corrected chi connectivity index (χ2v) is 5.36. The average Bonchev–Trinajstić information content (AvgIpc) is 2.32. The molecule has 0 bridgehead atoms. The molecule has 0 N–H and O–H groups in total. The van der Waals surface area contributed by atoms with Gasteiger partial charge in [-0.1, -0.05) is 13.8 Å². The van der Waals surface area contributed by atoms with Gasteiger partial charge in [0.1, 0.15) is 5.60 Å². The molecule has 0 saturated carbocycles. The molecule has 0 heterocycles. The number of methoxy groups -OCH3 is 1. The third kappa shape index (κ3) is 6.71. The zero-order valence-electron chi connectivity index (χ0n) is 13.0. The Labute approximate surface area is 116 Å². The first-order chi connectivity index (χ1) is 8.88. The van der Waals surface area contributed by atoms with Gasteiger partial charge in [-0.05, 0) is 45.4 Å². The van der Waals surface area contributed by atoms with E-state index in [2.05, 4.69) is 13.8 Å². The standard InChI is InChI=1S/C15H28O4/c1-6-19-14(17)9-7-8-10-15(18-5,13(4)16)11-12(2)3/h12H,6-11H2,1-5H3. The van der Waals surface area contributed by atoms with Crippen molar-refractivity contribution >= 4 is 11.8 Å². The van der Waals surface area contributed by atoms with Crippen LogP contribution in [0.5, 0.6) is 0 Å². The van der Waals surface area contributed by atoms with Gasteiger partial charge in [0.05, 0.1) is 6.61 Å². The fourth-order valence-electron chi connectivity index (χ4n) is 2.32. The molecule has 0 aromatic heterocycles. The van der Waals surface area contributed by atoms with Crippen LogP contribution in [0.15, 0.2) is 0 Å². The summed E-state index contributed by atoms with van der Waals surface area (Å²) in [5, 5.41) is 0. The summed E-state index contributed by atoms with van der Waals surface area (Å²) in [5.41, 5.74) is -0.692. The highest BCUT2D eigenvalue weighted by molar-refractivity contribution is 5.84. The average molecular weight is 272 g/mol. The Morgan fingerprint density at radius 2 is 1.84 bits per heavy atom. The number of rotatable bonds is 10. The van der Waals surface area contributed by atoms with Crippen LogP contribution in [-0.2, 0) is 19.1 Å². The maximum Gasteiger partial charge on any atom is 0.305 e. The number of unbranched alkanes of at least 4 members (excludes halogenated alkanes) is 1. The molecule has 112 valence electrons. The van der Waals surface area contributed by atoms with Crippen LogP contribution in [0.1, 0.15) is 59.8 Å². The molecule has 4 heteroatoms. The van der Waals surface area contributed by atoms with E-state index in [-0.39, 0.29) is 11.8 Å². The molecule has 1 unspecified atom stereocenters. The Balaban J connectivity index is 4.27. The van der Waals surface area contributed by atoms with E-state index in [9.17, 15) is 9.59 Å². The van der Waals surface area contributed by atoms with Gasteiger partial charge in [-0.2, -0.15) is 0 Å². The number of hydrogen-bond donors (Lipinski definition) is 0. The van der Waals surface area contributed by atoms with Crippen molar-refractivity contribution in [2.24, 2.45) is 5.92 Å². The SMILES string of the molecule is CCOC(=O)CCCCC(CC(C)C)(OC)C(C)=O. The lowest BCUT2D eigenvalue weighted by Crippen LogP contribution is -2.40. The number of carbonyl (C=O) groups excluding carboxylic acids is 2. The largest absolute Gasteiger partial charge is 0.466 e. The van der Waals surface area contributed by atoms with Gasteiger partial charge in [0.2, 0.25) is 0 Å². The van der Waals surface area contributed by atoms with Crippen molar-refractivity contribution < 1.29 is 19.1 Å². The summed E-state index contributed by atoms with van der Waals surface area (Å²) < 4.78 is 10.4.